The van der Waals surface area contributed by atoms with Crippen molar-refractivity contribution in [3.63, 3.8) is 0 Å². The van der Waals surface area contributed by atoms with Gasteiger partial charge in [0.25, 0.3) is 0 Å². The van der Waals surface area contributed by atoms with Crippen LogP contribution >= 0.6 is 11.8 Å². The molecule has 2 aliphatic rings. The number of urea groups is 1. The highest BCUT2D eigenvalue weighted by atomic mass is 32.2. The molecular formula is C34H35F3N6O3S. The third kappa shape index (κ3) is 7.56. The van der Waals surface area contributed by atoms with Gasteiger partial charge in [-0.15, -0.1) is 18.3 Å². The van der Waals surface area contributed by atoms with E-state index in [4.69, 9.17) is 4.74 Å². The van der Waals surface area contributed by atoms with E-state index in [-0.39, 0.29) is 35.7 Å². The Bertz CT molecular complexity index is 1760. The maximum Gasteiger partial charge on any atom is 0.573 e. The minimum atomic E-state index is -4.75. The van der Waals surface area contributed by atoms with Crippen LogP contribution < -0.4 is 19.7 Å². The number of alkyl halides is 3. The van der Waals surface area contributed by atoms with Gasteiger partial charge >= 0.3 is 12.4 Å². The number of amides is 2. The number of hydrogen-bond donors (Lipinski definition) is 1. The maximum atomic E-state index is 13.2. The summed E-state index contributed by atoms with van der Waals surface area (Å²) in [7, 11) is 1.65. The van der Waals surface area contributed by atoms with Gasteiger partial charge in [0.05, 0.1) is 18.5 Å². The first-order valence-electron chi connectivity index (χ1n) is 15.4. The van der Waals surface area contributed by atoms with Crippen molar-refractivity contribution in [1.29, 1.82) is 0 Å². The summed E-state index contributed by atoms with van der Waals surface area (Å²) >= 11 is 1.59. The van der Waals surface area contributed by atoms with Crippen LogP contribution in [0, 0.1) is 0 Å². The summed E-state index contributed by atoms with van der Waals surface area (Å²) < 4.78 is 48.3. The molecular weight excluding hydrogens is 629 g/mol. The van der Waals surface area contributed by atoms with Crippen molar-refractivity contribution in [3.05, 3.63) is 84.2 Å². The van der Waals surface area contributed by atoms with Crippen LogP contribution in [0.4, 0.5) is 23.7 Å². The second-order valence-corrected chi connectivity index (χ2v) is 13.0. The molecule has 4 aromatic rings. The Morgan fingerprint density at radius 1 is 1.06 bits per heavy atom. The quantitative estimate of drug-likeness (QED) is 0.205. The predicted molar refractivity (Wildman–Crippen MR) is 177 cm³/mol. The van der Waals surface area contributed by atoms with Crippen molar-refractivity contribution in [3.8, 4) is 28.6 Å². The molecule has 1 saturated heterocycles. The standard InChI is InChI=1S/C34H35F3N6O3S/c1-20(2)27-14-13-26(45-4)17-30(27)43-21(3)15-16-47-33(43)40-32(44)39-29-18-28(29)22-5-7-23(8-6-22)31-38-19-42(41-31)24-9-11-25(12-10-24)46-34(35,36)37/h5-14,17,19-21,28-29H,15-16,18H2,1-4H3,(H,39,44)/b40-33-. The summed E-state index contributed by atoms with van der Waals surface area (Å²) in [6.45, 7) is 6.47. The zero-order chi connectivity index (χ0) is 33.3. The highest BCUT2D eigenvalue weighted by Gasteiger charge is 2.40. The number of rotatable bonds is 8. The van der Waals surface area contributed by atoms with E-state index < -0.39 is 6.36 Å². The number of carbonyl (C=O) groups is 1. The van der Waals surface area contributed by atoms with Crippen LogP contribution in [0.1, 0.15) is 56.6 Å². The fraction of sp³-hybridized carbons (Fsp3) is 0.353. The fourth-order valence-corrected chi connectivity index (χ4v) is 6.89. The van der Waals surface area contributed by atoms with Gasteiger partial charge in [0.15, 0.2) is 11.0 Å². The minimum Gasteiger partial charge on any atom is -0.497 e. The molecule has 13 heteroatoms. The third-order valence-corrected chi connectivity index (χ3v) is 9.24. The Morgan fingerprint density at radius 3 is 2.47 bits per heavy atom. The highest BCUT2D eigenvalue weighted by molar-refractivity contribution is 8.14. The van der Waals surface area contributed by atoms with E-state index in [2.05, 4.69) is 56.9 Å². The van der Waals surface area contributed by atoms with Crippen LogP contribution in [0.25, 0.3) is 17.1 Å². The number of aromatic nitrogens is 3. The molecule has 1 aliphatic heterocycles. The predicted octanol–water partition coefficient (Wildman–Crippen LogP) is 7.92. The summed E-state index contributed by atoms with van der Waals surface area (Å²) in [5.41, 5.74) is 4.62. The number of thioether (sulfide) groups is 1. The molecule has 0 spiro atoms. The lowest BCUT2D eigenvalue weighted by Crippen LogP contribution is -2.43. The lowest BCUT2D eigenvalue weighted by Gasteiger charge is -2.37. The lowest BCUT2D eigenvalue weighted by atomic mass is 9.99. The van der Waals surface area contributed by atoms with Gasteiger partial charge in [-0.1, -0.05) is 55.9 Å². The van der Waals surface area contributed by atoms with Gasteiger partial charge in [-0.05, 0) is 67.1 Å². The van der Waals surface area contributed by atoms with Crippen molar-refractivity contribution >= 4 is 28.6 Å². The van der Waals surface area contributed by atoms with E-state index in [0.717, 1.165) is 41.2 Å². The van der Waals surface area contributed by atoms with Gasteiger partial charge in [-0.3, -0.25) is 0 Å². The van der Waals surface area contributed by atoms with Crippen LogP contribution in [0.2, 0.25) is 0 Å². The Morgan fingerprint density at radius 2 is 1.79 bits per heavy atom. The Balaban J connectivity index is 1.10. The molecule has 6 rings (SSSR count). The van der Waals surface area contributed by atoms with Gasteiger partial charge < -0.3 is 19.7 Å². The van der Waals surface area contributed by atoms with Crippen molar-refractivity contribution in [1.82, 2.24) is 20.1 Å². The number of benzene rings is 3. The molecule has 0 radical (unpaired) electrons. The number of carbonyl (C=O) groups excluding carboxylic acids is 1. The minimum absolute atomic E-state index is 0.0122. The first kappa shape index (κ1) is 32.4. The van der Waals surface area contributed by atoms with E-state index in [0.29, 0.717) is 16.7 Å². The van der Waals surface area contributed by atoms with E-state index in [1.54, 1.807) is 18.9 Å². The molecule has 3 atom stereocenters. The van der Waals surface area contributed by atoms with Gasteiger partial charge in [-0.2, -0.15) is 4.99 Å². The summed E-state index contributed by atoms with van der Waals surface area (Å²) in [6, 6.07) is 19.1. The number of nitrogens with zero attached hydrogens (tertiary/aromatic N) is 5. The van der Waals surface area contributed by atoms with E-state index in [1.165, 1.54) is 40.8 Å². The number of halogens is 3. The van der Waals surface area contributed by atoms with E-state index >= 15 is 0 Å². The second kappa shape index (κ2) is 13.3. The summed E-state index contributed by atoms with van der Waals surface area (Å²) in [4.78, 5) is 24.2. The smallest absolute Gasteiger partial charge is 0.497 e. The highest BCUT2D eigenvalue weighted by Crippen LogP contribution is 2.42. The lowest BCUT2D eigenvalue weighted by molar-refractivity contribution is -0.274. The topological polar surface area (TPSA) is 93.9 Å². The fourth-order valence-electron chi connectivity index (χ4n) is 5.68. The van der Waals surface area contributed by atoms with Gasteiger partial charge in [-0.25, -0.2) is 14.5 Å². The number of amidine groups is 1. The Hall–Kier alpha value is -4.52. The molecule has 3 unspecified atom stereocenters. The van der Waals surface area contributed by atoms with Crippen LogP contribution in [-0.4, -0.2) is 57.3 Å². The Labute approximate surface area is 275 Å². The van der Waals surface area contributed by atoms with Crippen LogP contribution in [0.15, 0.2) is 78.0 Å². The van der Waals surface area contributed by atoms with Crippen LogP contribution in [0.5, 0.6) is 11.5 Å². The molecule has 3 aromatic carbocycles. The van der Waals surface area contributed by atoms with Crippen molar-refractivity contribution in [2.24, 2.45) is 4.99 Å². The second-order valence-electron chi connectivity index (χ2n) is 11.9. The summed E-state index contributed by atoms with van der Waals surface area (Å²) in [5.74, 6) is 2.29. The van der Waals surface area contributed by atoms with Crippen LogP contribution in [0.3, 0.4) is 0 Å². The summed E-state index contributed by atoms with van der Waals surface area (Å²) in [5, 5.41) is 8.25. The van der Waals surface area contributed by atoms with Gasteiger partial charge in [0.2, 0.25) is 0 Å². The molecule has 2 fully saturated rings. The number of hydrogen-bond acceptors (Lipinski definition) is 6. The average molecular weight is 665 g/mol. The molecule has 1 aromatic heterocycles. The SMILES string of the molecule is COc1ccc(C(C)C)c(N2/C(=N/C(=O)NC3CC3c3ccc(-c4ncn(-c5ccc(OC(F)(F)F)cc5)n4)cc3)SCCC2C)c1. The zero-order valence-corrected chi connectivity index (χ0v) is 27.2. The maximum absolute atomic E-state index is 13.2. The number of nitrogens with one attached hydrogen (secondary N) is 1. The molecule has 47 heavy (non-hydrogen) atoms. The number of aliphatic imine (C=N–C) groups is 1. The normalized spacial score (nSPS) is 20.4. The average Bonchev–Trinajstić information content (AvgIpc) is 3.61. The third-order valence-electron chi connectivity index (χ3n) is 8.25. The molecule has 2 amide bonds. The van der Waals surface area contributed by atoms with Gasteiger partial charge in [0, 0.05) is 35.4 Å². The van der Waals surface area contributed by atoms with Crippen molar-refractivity contribution in [2.75, 3.05) is 17.8 Å². The molecule has 2 heterocycles. The molecule has 1 N–H and O–H groups in total. The first-order valence-corrected chi connectivity index (χ1v) is 16.3. The number of anilines is 1. The molecule has 1 saturated carbocycles. The monoisotopic (exact) mass is 664 g/mol. The molecule has 9 nitrogen and oxygen atoms in total. The van der Waals surface area contributed by atoms with Gasteiger partial charge in [0.1, 0.15) is 17.8 Å². The zero-order valence-electron chi connectivity index (χ0n) is 26.4. The molecule has 0 bridgehead atoms. The molecule has 1 aliphatic carbocycles. The van der Waals surface area contributed by atoms with Crippen LogP contribution in [-0.2, 0) is 0 Å². The summed E-state index contributed by atoms with van der Waals surface area (Å²) in [6.07, 6.45) is -1.46. The first-order chi connectivity index (χ1) is 22.5. The Kier molecular flexibility index (Phi) is 9.18. The molecule has 246 valence electrons. The largest absolute Gasteiger partial charge is 0.573 e. The van der Waals surface area contributed by atoms with E-state index in [9.17, 15) is 18.0 Å². The number of methoxy groups -OCH3 is 1. The van der Waals surface area contributed by atoms with Crippen molar-refractivity contribution in [2.45, 2.75) is 63.9 Å². The van der Waals surface area contributed by atoms with Crippen molar-refractivity contribution < 1.29 is 27.4 Å². The van der Waals surface area contributed by atoms with E-state index in [1.807, 2.05) is 36.4 Å². The number of ether oxygens (including phenoxy) is 2.